The van der Waals surface area contributed by atoms with Gasteiger partial charge in [0.1, 0.15) is 11.9 Å². The van der Waals surface area contributed by atoms with Gasteiger partial charge in [0, 0.05) is 42.6 Å². The number of carbonyl (C=O) groups is 1. The monoisotopic (exact) mass is 586 g/mol. The molecule has 4 heterocycles. The van der Waals surface area contributed by atoms with Gasteiger partial charge in [-0.25, -0.2) is 9.48 Å². The maximum Gasteiger partial charge on any atom is 0.586 e. The summed E-state index contributed by atoms with van der Waals surface area (Å²) in [5.41, 5.74) is 10.8. The van der Waals surface area contributed by atoms with Crippen molar-refractivity contribution >= 4 is 17.5 Å². The number of allylic oxidation sites excluding steroid dienone is 2. The van der Waals surface area contributed by atoms with E-state index in [1.165, 1.54) is 19.1 Å². The van der Waals surface area contributed by atoms with Crippen LogP contribution in [0.25, 0.3) is 5.70 Å². The SMILES string of the molecule is C=C(CCCN1CCCc2c(C(F)(F)F)nn(C(/C=C(\N)OC(C)c3cc4c(cn3)OC(F)(F)O4)=C/N)c21)C(=O)O. The number of hydrogen-bond donors (Lipinski definition) is 3. The molecule has 16 heteroatoms. The second-order valence-electron chi connectivity index (χ2n) is 9.28. The van der Waals surface area contributed by atoms with Gasteiger partial charge >= 0.3 is 18.4 Å². The summed E-state index contributed by atoms with van der Waals surface area (Å²) in [5.74, 6) is -1.79. The van der Waals surface area contributed by atoms with Crippen molar-refractivity contribution in [2.45, 2.75) is 51.2 Å². The Kier molecular flexibility index (Phi) is 8.03. The lowest BCUT2D eigenvalue weighted by Crippen LogP contribution is -2.32. The molecule has 0 aromatic carbocycles. The van der Waals surface area contributed by atoms with E-state index in [1.54, 1.807) is 4.90 Å². The van der Waals surface area contributed by atoms with Gasteiger partial charge in [0.25, 0.3) is 0 Å². The summed E-state index contributed by atoms with van der Waals surface area (Å²) < 4.78 is 83.8. The van der Waals surface area contributed by atoms with Crippen LogP contribution in [0.5, 0.6) is 11.5 Å². The number of fused-ring (bicyclic) bond motifs is 2. The summed E-state index contributed by atoms with van der Waals surface area (Å²) in [6.45, 7) is 5.63. The summed E-state index contributed by atoms with van der Waals surface area (Å²) in [6.07, 6.45) is -5.26. The molecule has 41 heavy (non-hydrogen) atoms. The molecule has 2 aliphatic rings. The molecule has 5 N–H and O–H groups in total. The number of aromatic nitrogens is 3. The predicted octanol–water partition coefficient (Wildman–Crippen LogP) is 4.13. The molecule has 0 saturated heterocycles. The topological polar surface area (TPSA) is 151 Å². The highest BCUT2D eigenvalue weighted by Gasteiger charge is 2.44. The smallest absolute Gasteiger partial charge is 0.478 e. The van der Waals surface area contributed by atoms with Crippen LogP contribution in [0.15, 0.2) is 42.6 Å². The fourth-order valence-corrected chi connectivity index (χ4v) is 4.48. The molecule has 0 radical (unpaired) electrons. The van der Waals surface area contributed by atoms with Crippen molar-refractivity contribution in [3.05, 3.63) is 59.5 Å². The lowest BCUT2D eigenvalue weighted by Gasteiger charge is -2.30. The molecule has 0 spiro atoms. The lowest BCUT2D eigenvalue weighted by molar-refractivity contribution is -0.286. The van der Waals surface area contributed by atoms with Crippen LogP contribution in [0.4, 0.5) is 27.8 Å². The van der Waals surface area contributed by atoms with E-state index in [4.69, 9.17) is 21.3 Å². The number of nitrogens with zero attached hydrogens (tertiary/aromatic N) is 4. The predicted molar refractivity (Wildman–Crippen MR) is 134 cm³/mol. The Balaban J connectivity index is 1.59. The molecule has 2 aliphatic heterocycles. The zero-order valence-corrected chi connectivity index (χ0v) is 21.8. The van der Waals surface area contributed by atoms with E-state index in [2.05, 4.69) is 26.1 Å². The van der Waals surface area contributed by atoms with E-state index in [9.17, 15) is 26.7 Å². The third kappa shape index (κ3) is 6.47. The molecule has 2 aromatic heterocycles. The largest absolute Gasteiger partial charge is 0.586 e. The quantitative estimate of drug-likeness (QED) is 0.160. The number of hydrogen-bond acceptors (Lipinski definition) is 9. The summed E-state index contributed by atoms with van der Waals surface area (Å²) in [5, 5.41) is 12.9. The van der Waals surface area contributed by atoms with Crippen LogP contribution in [0, 0.1) is 0 Å². The van der Waals surface area contributed by atoms with Crippen LogP contribution in [0.1, 0.15) is 49.2 Å². The number of rotatable bonds is 10. The second-order valence-corrected chi connectivity index (χ2v) is 9.28. The third-order valence-electron chi connectivity index (χ3n) is 6.33. The Morgan fingerprint density at radius 3 is 2.71 bits per heavy atom. The summed E-state index contributed by atoms with van der Waals surface area (Å²) >= 11 is 0. The maximum atomic E-state index is 13.9. The van der Waals surface area contributed by atoms with Crippen LogP contribution < -0.4 is 25.8 Å². The Morgan fingerprint density at radius 2 is 2.05 bits per heavy atom. The van der Waals surface area contributed by atoms with Crippen LogP contribution in [0.2, 0.25) is 0 Å². The van der Waals surface area contributed by atoms with Gasteiger partial charge < -0.3 is 35.7 Å². The number of aliphatic carboxylic acids is 1. The molecular weight excluding hydrogens is 559 g/mol. The van der Waals surface area contributed by atoms with Crippen molar-refractivity contribution in [3.8, 4) is 11.5 Å². The highest BCUT2D eigenvalue weighted by molar-refractivity contribution is 5.85. The van der Waals surface area contributed by atoms with Crippen molar-refractivity contribution < 1.29 is 46.1 Å². The molecule has 4 rings (SSSR count). The number of carboxylic acid groups (broad SMARTS) is 1. The number of nitrogens with two attached hydrogens (primary N) is 2. The minimum atomic E-state index is -4.75. The Hall–Kier alpha value is -4.50. The Morgan fingerprint density at radius 1 is 1.34 bits per heavy atom. The first-order valence-corrected chi connectivity index (χ1v) is 12.4. The highest BCUT2D eigenvalue weighted by Crippen LogP contribution is 2.42. The zero-order valence-electron chi connectivity index (χ0n) is 21.8. The van der Waals surface area contributed by atoms with Crippen molar-refractivity contribution in [2.24, 2.45) is 11.5 Å². The molecule has 11 nitrogen and oxygen atoms in total. The molecule has 0 fully saturated rings. The van der Waals surface area contributed by atoms with Crippen molar-refractivity contribution in [3.63, 3.8) is 0 Å². The van der Waals surface area contributed by atoms with Gasteiger partial charge in [0.2, 0.25) is 0 Å². The average Bonchev–Trinajstić information content (AvgIpc) is 3.43. The van der Waals surface area contributed by atoms with Gasteiger partial charge in [-0.2, -0.15) is 18.3 Å². The molecule has 0 amide bonds. The first-order valence-electron chi connectivity index (χ1n) is 12.4. The summed E-state index contributed by atoms with van der Waals surface area (Å²) in [4.78, 5) is 16.7. The number of carboxylic acids is 1. The third-order valence-corrected chi connectivity index (χ3v) is 6.33. The Bertz CT molecular complexity index is 1400. The lowest BCUT2D eigenvalue weighted by atomic mass is 10.0. The molecule has 1 atom stereocenters. The molecule has 1 unspecified atom stereocenters. The van der Waals surface area contributed by atoms with Crippen LogP contribution in [-0.2, 0) is 22.1 Å². The van der Waals surface area contributed by atoms with Crippen molar-refractivity contribution in [1.29, 1.82) is 0 Å². The molecule has 0 aliphatic carbocycles. The molecular formula is C25H27F5N6O5. The van der Waals surface area contributed by atoms with Crippen molar-refractivity contribution in [1.82, 2.24) is 14.8 Å². The molecule has 2 aromatic rings. The standard InChI is InChI=1S/C25H27F5N6O5/c1-13(23(37)38)5-3-7-35-8-4-6-16-21(24(26,27)28)34-36(22(16)35)15(11-31)9-20(32)39-14(2)17-10-18-19(12-33-17)41-25(29,30)40-18/h9-12,14H,1,3-8,31-32H2,2H3,(H,37,38)/b15-11+,20-9+. The molecule has 0 saturated carbocycles. The minimum absolute atomic E-state index is 0.0121. The van der Waals surface area contributed by atoms with E-state index < -0.39 is 30.2 Å². The van der Waals surface area contributed by atoms with Gasteiger partial charge in [-0.15, -0.1) is 8.78 Å². The van der Waals surface area contributed by atoms with Gasteiger partial charge in [-0.1, -0.05) is 6.58 Å². The number of pyridine rings is 1. The van der Waals surface area contributed by atoms with E-state index >= 15 is 0 Å². The van der Waals surface area contributed by atoms with E-state index in [1.807, 2.05) is 0 Å². The van der Waals surface area contributed by atoms with Gasteiger partial charge in [-0.05, 0) is 32.6 Å². The van der Waals surface area contributed by atoms with Gasteiger partial charge in [0.05, 0.1) is 17.6 Å². The first kappa shape index (κ1) is 29.5. The second kappa shape index (κ2) is 11.2. The highest BCUT2D eigenvalue weighted by atomic mass is 19.4. The number of anilines is 1. The van der Waals surface area contributed by atoms with Crippen molar-refractivity contribution in [2.75, 3.05) is 18.0 Å². The summed E-state index contributed by atoms with van der Waals surface area (Å²) in [7, 11) is 0. The zero-order chi connectivity index (χ0) is 30.1. The van der Waals surface area contributed by atoms with E-state index in [-0.39, 0.29) is 65.1 Å². The normalized spacial score (nSPS) is 17.3. The fourth-order valence-electron chi connectivity index (χ4n) is 4.48. The number of halogens is 5. The van der Waals surface area contributed by atoms with E-state index in [0.29, 0.717) is 19.4 Å². The first-order chi connectivity index (χ1) is 19.2. The van der Waals surface area contributed by atoms with Crippen LogP contribution in [0.3, 0.4) is 0 Å². The fraction of sp³-hybridized carbons (Fsp3) is 0.400. The maximum absolute atomic E-state index is 13.9. The van der Waals surface area contributed by atoms with Gasteiger partial charge in [0.15, 0.2) is 23.1 Å². The average molecular weight is 587 g/mol. The number of ether oxygens (including phenoxy) is 3. The van der Waals surface area contributed by atoms with E-state index in [0.717, 1.165) is 17.1 Å². The van der Waals surface area contributed by atoms with Gasteiger partial charge in [-0.3, -0.25) is 4.98 Å². The van der Waals surface area contributed by atoms with Crippen LogP contribution in [-0.4, -0.2) is 45.2 Å². The molecule has 222 valence electrons. The minimum Gasteiger partial charge on any atom is -0.478 e. The Labute approximate surface area is 230 Å². The van der Waals surface area contributed by atoms with Crippen LogP contribution >= 0.6 is 0 Å². The summed E-state index contributed by atoms with van der Waals surface area (Å²) in [6, 6.07) is 1.18. The molecule has 0 bridgehead atoms. The number of alkyl halides is 5.